The zero-order valence-electron chi connectivity index (χ0n) is 10.8. The maximum Gasteiger partial charge on any atom is 0.240 e. The number of fused-ring (bicyclic) bond motifs is 1. The van der Waals surface area contributed by atoms with Crippen molar-refractivity contribution in [1.82, 2.24) is 9.80 Å². The Morgan fingerprint density at radius 2 is 2.06 bits per heavy atom. The van der Waals surface area contributed by atoms with E-state index in [0.29, 0.717) is 13.2 Å². The van der Waals surface area contributed by atoms with Crippen LogP contribution in [-0.4, -0.2) is 71.8 Å². The second kappa shape index (κ2) is 4.79. The molecule has 3 heterocycles. The van der Waals surface area contributed by atoms with Crippen molar-refractivity contribution < 1.29 is 14.6 Å². The van der Waals surface area contributed by atoms with Crippen LogP contribution in [0.1, 0.15) is 25.7 Å². The van der Waals surface area contributed by atoms with Gasteiger partial charge in [0, 0.05) is 18.6 Å². The molecule has 0 radical (unpaired) electrons. The first-order valence-electron chi connectivity index (χ1n) is 7.01. The maximum atomic E-state index is 12.5. The summed E-state index contributed by atoms with van der Waals surface area (Å²) >= 11 is 0. The Hall–Kier alpha value is -0.650. The number of carbonyl (C=O) groups excluding carboxylic acids is 1. The van der Waals surface area contributed by atoms with Crippen molar-refractivity contribution in [3.63, 3.8) is 0 Å². The van der Waals surface area contributed by atoms with E-state index in [0.717, 1.165) is 45.3 Å². The lowest BCUT2D eigenvalue weighted by Gasteiger charge is -2.36. The SMILES string of the molecule is O=C([C@@H]1CC[C@]2(CO)CCCN12)N1CCOCC1. The van der Waals surface area contributed by atoms with Crippen LogP contribution in [0, 0.1) is 0 Å². The van der Waals surface area contributed by atoms with Crippen LogP contribution < -0.4 is 0 Å². The number of morpholine rings is 1. The van der Waals surface area contributed by atoms with Gasteiger partial charge in [0.05, 0.1) is 25.9 Å². The van der Waals surface area contributed by atoms with Gasteiger partial charge in [0.1, 0.15) is 0 Å². The Kier molecular flexibility index (Phi) is 3.30. The molecule has 0 aromatic rings. The molecule has 0 aromatic heterocycles. The van der Waals surface area contributed by atoms with Crippen LogP contribution in [-0.2, 0) is 9.53 Å². The lowest BCUT2D eigenvalue weighted by atomic mass is 9.95. The van der Waals surface area contributed by atoms with Gasteiger partial charge in [-0.25, -0.2) is 0 Å². The number of amides is 1. The first-order valence-corrected chi connectivity index (χ1v) is 7.01. The molecular weight excluding hydrogens is 232 g/mol. The smallest absolute Gasteiger partial charge is 0.240 e. The quantitative estimate of drug-likeness (QED) is 0.743. The number of ether oxygens (including phenoxy) is 1. The predicted molar refractivity (Wildman–Crippen MR) is 66.2 cm³/mol. The molecule has 102 valence electrons. The minimum absolute atomic E-state index is 0.00208. The van der Waals surface area contributed by atoms with Gasteiger partial charge in [-0.05, 0) is 32.2 Å². The summed E-state index contributed by atoms with van der Waals surface area (Å²) in [5, 5.41) is 9.65. The summed E-state index contributed by atoms with van der Waals surface area (Å²) in [5.41, 5.74) is -0.0907. The summed E-state index contributed by atoms with van der Waals surface area (Å²) in [6, 6.07) is -0.00208. The predicted octanol–water partition coefficient (Wildman–Crippen LogP) is -0.165. The van der Waals surface area contributed by atoms with Gasteiger partial charge in [0.25, 0.3) is 0 Å². The Balaban J connectivity index is 1.71. The van der Waals surface area contributed by atoms with Crippen molar-refractivity contribution in [2.75, 3.05) is 39.5 Å². The third kappa shape index (κ3) is 1.85. The van der Waals surface area contributed by atoms with Gasteiger partial charge in [0.15, 0.2) is 0 Å². The van der Waals surface area contributed by atoms with Crippen LogP contribution in [0.15, 0.2) is 0 Å². The standard InChI is InChI=1S/C13H22N2O3/c16-10-13-3-1-5-15(13)11(2-4-13)12(17)14-6-8-18-9-7-14/h11,16H,1-10H2/t11-,13-/m0/s1. The van der Waals surface area contributed by atoms with Crippen molar-refractivity contribution in [3.05, 3.63) is 0 Å². The Bertz CT molecular complexity index is 330. The third-order valence-electron chi connectivity index (χ3n) is 4.81. The molecule has 0 unspecified atom stereocenters. The second-order valence-corrected chi connectivity index (χ2v) is 5.67. The fourth-order valence-electron chi connectivity index (χ4n) is 3.78. The average Bonchev–Trinajstić information content (AvgIpc) is 2.97. The topological polar surface area (TPSA) is 53.0 Å². The van der Waals surface area contributed by atoms with E-state index in [1.54, 1.807) is 0 Å². The molecule has 5 heteroatoms. The normalized spacial score (nSPS) is 36.9. The monoisotopic (exact) mass is 254 g/mol. The first kappa shape index (κ1) is 12.4. The van der Waals surface area contributed by atoms with E-state index in [1.807, 2.05) is 4.90 Å². The summed E-state index contributed by atoms with van der Waals surface area (Å²) in [6.45, 7) is 3.90. The molecule has 0 spiro atoms. The molecule has 0 aromatic carbocycles. The summed E-state index contributed by atoms with van der Waals surface area (Å²) in [6.07, 6.45) is 4.00. The molecule has 1 N–H and O–H groups in total. The van der Waals surface area contributed by atoms with Crippen molar-refractivity contribution >= 4 is 5.91 Å². The molecule has 5 nitrogen and oxygen atoms in total. The molecule has 0 saturated carbocycles. The van der Waals surface area contributed by atoms with Crippen molar-refractivity contribution in [1.29, 1.82) is 0 Å². The number of aliphatic hydroxyl groups excluding tert-OH is 1. The van der Waals surface area contributed by atoms with Gasteiger partial charge in [-0.2, -0.15) is 0 Å². The van der Waals surface area contributed by atoms with E-state index in [9.17, 15) is 9.90 Å². The number of hydrogen-bond donors (Lipinski definition) is 1. The largest absolute Gasteiger partial charge is 0.394 e. The number of rotatable bonds is 2. The van der Waals surface area contributed by atoms with Gasteiger partial charge in [-0.1, -0.05) is 0 Å². The highest BCUT2D eigenvalue weighted by molar-refractivity contribution is 5.82. The minimum atomic E-state index is -0.0907. The van der Waals surface area contributed by atoms with E-state index < -0.39 is 0 Å². The minimum Gasteiger partial charge on any atom is -0.394 e. The highest BCUT2D eigenvalue weighted by Gasteiger charge is 2.51. The van der Waals surface area contributed by atoms with E-state index in [4.69, 9.17) is 4.74 Å². The van der Waals surface area contributed by atoms with Crippen LogP contribution in [0.3, 0.4) is 0 Å². The zero-order chi connectivity index (χ0) is 12.6. The van der Waals surface area contributed by atoms with Crippen molar-refractivity contribution in [2.24, 2.45) is 0 Å². The molecule has 0 aliphatic carbocycles. The van der Waals surface area contributed by atoms with Crippen LogP contribution in [0.25, 0.3) is 0 Å². The van der Waals surface area contributed by atoms with E-state index in [-0.39, 0.29) is 24.1 Å². The lowest BCUT2D eigenvalue weighted by molar-refractivity contribution is -0.141. The van der Waals surface area contributed by atoms with Crippen LogP contribution in [0.2, 0.25) is 0 Å². The Morgan fingerprint density at radius 1 is 1.28 bits per heavy atom. The molecule has 3 saturated heterocycles. The molecule has 3 aliphatic heterocycles. The van der Waals surface area contributed by atoms with Gasteiger partial charge >= 0.3 is 0 Å². The molecule has 18 heavy (non-hydrogen) atoms. The highest BCUT2D eigenvalue weighted by atomic mass is 16.5. The van der Waals surface area contributed by atoms with Gasteiger partial charge < -0.3 is 14.7 Å². The number of carbonyl (C=O) groups is 1. The molecule has 3 rings (SSSR count). The summed E-state index contributed by atoms with van der Waals surface area (Å²) in [7, 11) is 0. The summed E-state index contributed by atoms with van der Waals surface area (Å²) in [5.74, 6) is 0.246. The highest BCUT2D eigenvalue weighted by Crippen LogP contribution is 2.42. The maximum absolute atomic E-state index is 12.5. The third-order valence-corrected chi connectivity index (χ3v) is 4.81. The lowest BCUT2D eigenvalue weighted by Crippen LogP contribution is -2.53. The summed E-state index contributed by atoms with van der Waals surface area (Å²) in [4.78, 5) is 16.7. The molecule has 2 atom stereocenters. The Labute approximate surface area is 108 Å². The van der Waals surface area contributed by atoms with E-state index >= 15 is 0 Å². The molecule has 3 fully saturated rings. The second-order valence-electron chi connectivity index (χ2n) is 5.67. The van der Waals surface area contributed by atoms with Crippen molar-refractivity contribution in [2.45, 2.75) is 37.3 Å². The van der Waals surface area contributed by atoms with Crippen LogP contribution in [0.5, 0.6) is 0 Å². The molecule has 0 bridgehead atoms. The van der Waals surface area contributed by atoms with E-state index in [2.05, 4.69) is 4.90 Å². The fraction of sp³-hybridized carbons (Fsp3) is 0.923. The zero-order valence-corrected chi connectivity index (χ0v) is 10.8. The Morgan fingerprint density at radius 3 is 2.78 bits per heavy atom. The number of hydrogen-bond acceptors (Lipinski definition) is 4. The van der Waals surface area contributed by atoms with E-state index in [1.165, 1.54) is 0 Å². The average molecular weight is 254 g/mol. The molecule has 3 aliphatic rings. The molecular formula is C13H22N2O3. The first-order chi connectivity index (χ1) is 8.77. The van der Waals surface area contributed by atoms with Crippen LogP contribution >= 0.6 is 0 Å². The number of aliphatic hydroxyl groups is 1. The van der Waals surface area contributed by atoms with Gasteiger partial charge in [0.2, 0.25) is 5.91 Å². The van der Waals surface area contributed by atoms with Crippen molar-refractivity contribution in [3.8, 4) is 0 Å². The summed E-state index contributed by atoms with van der Waals surface area (Å²) < 4.78 is 5.29. The van der Waals surface area contributed by atoms with Gasteiger partial charge in [-0.15, -0.1) is 0 Å². The van der Waals surface area contributed by atoms with Crippen LogP contribution in [0.4, 0.5) is 0 Å². The molecule has 1 amide bonds. The fourth-order valence-corrected chi connectivity index (χ4v) is 3.78. The number of nitrogens with zero attached hydrogens (tertiary/aromatic N) is 2. The van der Waals surface area contributed by atoms with Gasteiger partial charge in [-0.3, -0.25) is 9.69 Å².